The summed E-state index contributed by atoms with van der Waals surface area (Å²) >= 11 is 12.6. The number of fused-ring (bicyclic) bond motifs is 1. The van der Waals surface area contributed by atoms with Crippen LogP contribution in [0.2, 0.25) is 5.02 Å². The average molecular weight is 378 g/mol. The Kier molecular flexibility index (Phi) is 4.89. The van der Waals surface area contributed by atoms with Crippen molar-refractivity contribution in [3.05, 3.63) is 51.4 Å². The summed E-state index contributed by atoms with van der Waals surface area (Å²) in [4.78, 5) is 17.6. The SMILES string of the molecule is CC(C)N(C(=O)Nc1ccc(Cl)cc1)c1ccc2[nH]c(=S)sc2c1. The molecule has 0 aliphatic heterocycles. The van der Waals surface area contributed by atoms with Gasteiger partial charge in [-0.25, -0.2) is 4.79 Å². The van der Waals surface area contributed by atoms with E-state index in [9.17, 15) is 4.79 Å². The van der Waals surface area contributed by atoms with E-state index in [4.69, 9.17) is 23.8 Å². The fraction of sp³-hybridized carbons (Fsp3) is 0.176. The van der Waals surface area contributed by atoms with E-state index in [2.05, 4.69) is 10.3 Å². The molecule has 0 unspecified atom stereocenters. The van der Waals surface area contributed by atoms with Gasteiger partial charge in [-0.05, 0) is 68.5 Å². The van der Waals surface area contributed by atoms with Gasteiger partial charge in [-0.3, -0.25) is 4.90 Å². The van der Waals surface area contributed by atoms with Gasteiger partial charge in [0.25, 0.3) is 0 Å². The van der Waals surface area contributed by atoms with Gasteiger partial charge < -0.3 is 10.3 Å². The minimum absolute atomic E-state index is 0.00154. The van der Waals surface area contributed by atoms with Gasteiger partial charge in [0.05, 0.1) is 10.2 Å². The van der Waals surface area contributed by atoms with Crippen LogP contribution in [-0.2, 0) is 0 Å². The monoisotopic (exact) mass is 377 g/mol. The van der Waals surface area contributed by atoms with E-state index in [1.165, 1.54) is 11.3 Å². The van der Waals surface area contributed by atoms with Crippen LogP contribution in [-0.4, -0.2) is 17.1 Å². The van der Waals surface area contributed by atoms with Crippen molar-refractivity contribution >= 4 is 62.8 Å². The van der Waals surface area contributed by atoms with Crippen LogP contribution in [0.4, 0.5) is 16.2 Å². The molecule has 2 N–H and O–H groups in total. The van der Waals surface area contributed by atoms with E-state index in [1.54, 1.807) is 29.2 Å². The first-order valence-electron chi connectivity index (χ1n) is 7.42. The molecule has 1 heterocycles. The highest BCUT2D eigenvalue weighted by Gasteiger charge is 2.20. The smallest absolute Gasteiger partial charge is 0.326 e. The maximum atomic E-state index is 12.7. The summed E-state index contributed by atoms with van der Waals surface area (Å²) in [6, 6.07) is 12.7. The Morgan fingerprint density at radius 1 is 1.25 bits per heavy atom. The third kappa shape index (κ3) is 3.61. The zero-order valence-electron chi connectivity index (χ0n) is 13.2. The van der Waals surface area contributed by atoms with Gasteiger partial charge in [0.1, 0.15) is 0 Å². The summed E-state index contributed by atoms with van der Waals surface area (Å²) in [5.74, 6) is 0. The molecule has 0 saturated heterocycles. The van der Waals surface area contributed by atoms with Crippen LogP contribution < -0.4 is 10.2 Å². The number of hydrogen-bond donors (Lipinski definition) is 2. The van der Waals surface area contributed by atoms with Gasteiger partial charge in [0, 0.05) is 22.4 Å². The van der Waals surface area contributed by atoms with Crippen molar-refractivity contribution in [3.63, 3.8) is 0 Å². The van der Waals surface area contributed by atoms with Gasteiger partial charge in [0.15, 0.2) is 3.95 Å². The first-order chi connectivity index (χ1) is 11.4. The number of nitrogens with zero attached hydrogens (tertiary/aromatic N) is 1. The number of aromatic nitrogens is 1. The second-order valence-electron chi connectivity index (χ2n) is 5.60. The molecule has 0 bridgehead atoms. The van der Waals surface area contributed by atoms with Crippen molar-refractivity contribution in [1.82, 2.24) is 4.98 Å². The number of H-pyrrole nitrogens is 1. The van der Waals surface area contributed by atoms with Crippen LogP contribution in [0.5, 0.6) is 0 Å². The van der Waals surface area contributed by atoms with E-state index in [1.807, 2.05) is 32.0 Å². The largest absolute Gasteiger partial charge is 0.337 e. The summed E-state index contributed by atoms with van der Waals surface area (Å²) in [5.41, 5.74) is 2.51. The van der Waals surface area contributed by atoms with Crippen LogP contribution in [0.1, 0.15) is 13.8 Å². The zero-order valence-corrected chi connectivity index (χ0v) is 15.6. The van der Waals surface area contributed by atoms with Crippen LogP contribution in [0.15, 0.2) is 42.5 Å². The Bertz CT molecular complexity index is 931. The molecular weight excluding hydrogens is 362 g/mol. The molecular formula is C17H16ClN3OS2. The Morgan fingerprint density at radius 3 is 2.62 bits per heavy atom. The van der Waals surface area contributed by atoms with Gasteiger partial charge >= 0.3 is 6.03 Å². The summed E-state index contributed by atoms with van der Waals surface area (Å²) in [6.07, 6.45) is 0. The summed E-state index contributed by atoms with van der Waals surface area (Å²) in [5, 5.41) is 3.54. The van der Waals surface area contributed by atoms with E-state index >= 15 is 0 Å². The molecule has 0 radical (unpaired) electrons. The Balaban J connectivity index is 1.91. The number of carbonyl (C=O) groups excluding carboxylic acids is 1. The maximum absolute atomic E-state index is 12.7. The fourth-order valence-electron chi connectivity index (χ4n) is 2.45. The van der Waals surface area contributed by atoms with E-state index in [0.29, 0.717) is 10.7 Å². The molecule has 2 aromatic carbocycles. The highest BCUT2D eigenvalue weighted by Crippen LogP contribution is 2.27. The number of carbonyl (C=O) groups is 1. The second kappa shape index (κ2) is 6.93. The average Bonchev–Trinajstić information content (AvgIpc) is 2.89. The number of anilines is 2. The van der Waals surface area contributed by atoms with E-state index in [0.717, 1.165) is 19.9 Å². The molecule has 0 aliphatic rings. The first kappa shape index (κ1) is 17.0. The quantitative estimate of drug-likeness (QED) is 0.545. The molecule has 1 aromatic heterocycles. The van der Waals surface area contributed by atoms with Gasteiger partial charge in [-0.2, -0.15) is 0 Å². The lowest BCUT2D eigenvalue weighted by atomic mass is 10.2. The number of thiazole rings is 1. The Labute approximate surface area is 154 Å². The third-order valence-electron chi connectivity index (χ3n) is 3.51. The predicted octanol–water partition coefficient (Wildman–Crippen LogP) is 6.06. The van der Waals surface area contributed by atoms with Gasteiger partial charge in [-0.1, -0.05) is 11.6 Å². The molecule has 4 nitrogen and oxygen atoms in total. The minimum Gasteiger partial charge on any atom is -0.337 e. The number of urea groups is 1. The summed E-state index contributed by atoms with van der Waals surface area (Å²) < 4.78 is 1.76. The molecule has 24 heavy (non-hydrogen) atoms. The second-order valence-corrected chi connectivity index (χ2v) is 7.75. The molecule has 0 atom stereocenters. The number of rotatable bonds is 3. The van der Waals surface area contributed by atoms with Crippen molar-refractivity contribution in [2.75, 3.05) is 10.2 Å². The number of amides is 2. The Hall–Kier alpha value is -1.89. The van der Waals surface area contributed by atoms with Gasteiger partial charge in [0.2, 0.25) is 0 Å². The molecule has 124 valence electrons. The number of hydrogen-bond acceptors (Lipinski definition) is 3. The number of aromatic amines is 1. The van der Waals surface area contributed by atoms with Crippen molar-refractivity contribution in [2.24, 2.45) is 0 Å². The fourth-order valence-corrected chi connectivity index (χ4v) is 3.73. The molecule has 0 saturated carbocycles. The third-order valence-corrected chi connectivity index (χ3v) is 4.96. The van der Waals surface area contributed by atoms with Crippen LogP contribution in [0.3, 0.4) is 0 Å². The Morgan fingerprint density at radius 2 is 1.96 bits per heavy atom. The number of halogens is 1. The zero-order chi connectivity index (χ0) is 17.3. The lowest BCUT2D eigenvalue weighted by Gasteiger charge is -2.27. The predicted molar refractivity (Wildman–Crippen MR) is 105 cm³/mol. The van der Waals surface area contributed by atoms with Crippen molar-refractivity contribution in [1.29, 1.82) is 0 Å². The van der Waals surface area contributed by atoms with E-state index < -0.39 is 0 Å². The van der Waals surface area contributed by atoms with Crippen molar-refractivity contribution in [2.45, 2.75) is 19.9 Å². The highest BCUT2D eigenvalue weighted by atomic mass is 35.5. The van der Waals surface area contributed by atoms with Gasteiger partial charge in [-0.15, -0.1) is 11.3 Å². The highest BCUT2D eigenvalue weighted by molar-refractivity contribution is 7.73. The molecule has 3 rings (SSSR count). The van der Waals surface area contributed by atoms with Crippen molar-refractivity contribution < 1.29 is 4.79 Å². The summed E-state index contributed by atoms with van der Waals surface area (Å²) in [6.45, 7) is 3.95. The minimum atomic E-state index is -0.189. The molecule has 0 fully saturated rings. The number of benzene rings is 2. The maximum Gasteiger partial charge on any atom is 0.326 e. The molecule has 2 amide bonds. The molecule has 7 heteroatoms. The first-order valence-corrected chi connectivity index (χ1v) is 9.03. The topological polar surface area (TPSA) is 48.1 Å². The lowest BCUT2D eigenvalue weighted by molar-refractivity contribution is 0.255. The molecule has 3 aromatic rings. The molecule has 0 aliphatic carbocycles. The number of nitrogens with one attached hydrogen (secondary N) is 2. The van der Waals surface area contributed by atoms with Crippen LogP contribution in [0, 0.1) is 3.95 Å². The van der Waals surface area contributed by atoms with Crippen LogP contribution >= 0.6 is 35.2 Å². The van der Waals surface area contributed by atoms with Crippen molar-refractivity contribution in [3.8, 4) is 0 Å². The summed E-state index contributed by atoms with van der Waals surface area (Å²) in [7, 11) is 0. The van der Waals surface area contributed by atoms with Crippen LogP contribution in [0.25, 0.3) is 10.2 Å². The lowest BCUT2D eigenvalue weighted by Crippen LogP contribution is -2.40. The molecule has 0 spiro atoms. The van der Waals surface area contributed by atoms with E-state index in [-0.39, 0.29) is 12.1 Å². The standard InChI is InChI=1S/C17H16ClN3OS2/c1-10(2)21(16(22)19-12-5-3-11(18)4-6-12)13-7-8-14-15(9-13)24-17(23)20-14/h3-10H,1-2H3,(H,19,22)(H,20,23). The normalized spacial score (nSPS) is 11.0.